The molecular formula is C8H10F3N3. The third-order valence-electron chi connectivity index (χ3n) is 2.22. The number of fused-ring (bicyclic) bond motifs is 1. The van der Waals surface area contributed by atoms with E-state index in [0.29, 0.717) is 18.8 Å². The van der Waals surface area contributed by atoms with Crippen LogP contribution in [-0.2, 0) is 19.6 Å². The molecule has 0 fully saturated rings. The van der Waals surface area contributed by atoms with Crippen LogP contribution < -0.4 is 0 Å². The summed E-state index contributed by atoms with van der Waals surface area (Å²) in [6.45, 7) is 0.245. The Morgan fingerprint density at radius 2 is 2.14 bits per heavy atom. The second kappa shape index (κ2) is 2.98. The van der Waals surface area contributed by atoms with Gasteiger partial charge < -0.3 is 0 Å². The molecule has 0 atom stereocenters. The zero-order chi connectivity index (χ0) is 10.3. The quantitative estimate of drug-likeness (QED) is 0.690. The number of hydrogen-bond donors (Lipinski definition) is 0. The molecule has 3 nitrogen and oxygen atoms in total. The first-order valence-electron chi connectivity index (χ1n) is 4.24. The second-order valence-electron chi connectivity index (χ2n) is 3.56. The lowest BCUT2D eigenvalue weighted by atomic mass is 10.3. The van der Waals surface area contributed by atoms with Crippen LogP contribution in [0.5, 0.6) is 0 Å². The molecule has 0 amide bonds. The predicted octanol–water partition coefficient (Wildman–Crippen LogP) is 1.39. The minimum atomic E-state index is -4.19. The van der Waals surface area contributed by atoms with Crippen LogP contribution in [0.25, 0.3) is 0 Å². The minimum absolute atomic E-state index is 0.547. The lowest BCUT2D eigenvalue weighted by Crippen LogP contribution is -2.21. The van der Waals surface area contributed by atoms with E-state index in [4.69, 9.17) is 0 Å². The van der Waals surface area contributed by atoms with Crippen molar-refractivity contribution in [3.8, 4) is 0 Å². The Morgan fingerprint density at radius 1 is 1.43 bits per heavy atom. The summed E-state index contributed by atoms with van der Waals surface area (Å²) < 4.78 is 37.4. The van der Waals surface area contributed by atoms with Gasteiger partial charge in [-0.15, -0.1) is 0 Å². The molecule has 1 aromatic rings. The average Bonchev–Trinajstić information content (AvgIpc) is 2.49. The molecule has 0 saturated carbocycles. The molecule has 1 aromatic heterocycles. The lowest BCUT2D eigenvalue weighted by Gasteiger charge is -2.10. The summed E-state index contributed by atoms with van der Waals surface area (Å²) in [5, 5.41) is 3.73. The summed E-state index contributed by atoms with van der Waals surface area (Å²) in [4.78, 5) is 1.96. The largest absolute Gasteiger partial charge is 0.408 e. The van der Waals surface area contributed by atoms with E-state index in [1.165, 1.54) is 6.20 Å². The maximum absolute atomic E-state index is 12.1. The second-order valence-corrected chi connectivity index (χ2v) is 3.56. The van der Waals surface area contributed by atoms with Gasteiger partial charge in [0.05, 0.1) is 11.9 Å². The Labute approximate surface area is 79.1 Å². The van der Waals surface area contributed by atoms with Crippen LogP contribution in [0, 0.1) is 0 Å². The fraction of sp³-hybridized carbons (Fsp3) is 0.625. The maximum atomic E-state index is 12.1. The molecule has 0 bridgehead atoms. The van der Waals surface area contributed by atoms with Crippen LogP contribution >= 0.6 is 0 Å². The lowest BCUT2D eigenvalue weighted by molar-refractivity contribution is -0.143. The van der Waals surface area contributed by atoms with Crippen molar-refractivity contribution < 1.29 is 13.2 Å². The van der Waals surface area contributed by atoms with Crippen LogP contribution in [0.3, 0.4) is 0 Å². The van der Waals surface area contributed by atoms with Crippen molar-refractivity contribution >= 4 is 0 Å². The van der Waals surface area contributed by atoms with Crippen molar-refractivity contribution in [2.24, 2.45) is 0 Å². The molecule has 0 radical (unpaired) electrons. The number of nitrogens with zero attached hydrogens (tertiary/aromatic N) is 3. The summed E-state index contributed by atoms with van der Waals surface area (Å²) >= 11 is 0. The molecule has 0 unspecified atom stereocenters. The summed E-state index contributed by atoms with van der Waals surface area (Å²) in [6, 6.07) is 0. The fourth-order valence-electron chi connectivity index (χ4n) is 1.67. The van der Waals surface area contributed by atoms with Gasteiger partial charge in [0.2, 0.25) is 0 Å². The summed E-state index contributed by atoms with van der Waals surface area (Å²) in [7, 11) is 1.87. The van der Waals surface area contributed by atoms with Gasteiger partial charge in [-0.3, -0.25) is 9.58 Å². The van der Waals surface area contributed by atoms with Gasteiger partial charge in [-0.2, -0.15) is 18.3 Å². The van der Waals surface area contributed by atoms with Crippen LogP contribution in [0.1, 0.15) is 11.3 Å². The van der Waals surface area contributed by atoms with Gasteiger partial charge in [0.25, 0.3) is 0 Å². The molecule has 78 valence electrons. The zero-order valence-electron chi connectivity index (χ0n) is 7.67. The molecule has 0 aliphatic carbocycles. The van der Waals surface area contributed by atoms with Crippen molar-refractivity contribution in [2.75, 3.05) is 7.05 Å². The Balaban J connectivity index is 2.21. The van der Waals surface area contributed by atoms with Crippen molar-refractivity contribution in [3.05, 3.63) is 17.5 Å². The van der Waals surface area contributed by atoms with Gasteiger partial charge >= 0.3 is 6.18 Å². The van der Waals surface area contributed by atoms with Crippen LogP contribution in [-0.4, -0.2) is 27.9 Å². The highest BCUT2D eigenvalue weighted by molar-refractivity contribution is 5.21. The topological polar surface area (TPSA) is 21.1 Å². The van der Waals surface area contributed by atoms with E-state index in [9.17, 15) is 13.2 Å². The molecular weight excluding hydrogens is 195 g/mol. The molecule has 6 heteroatoms. The minimum Gasteiger partial charge on any atom is -0.296 e. The number of aromatic nitrogens is 2. The van der Waals surface area contributed by atoms with E-state index in [1.807, 2.05) is 11.9 Å². The van der Waals surface area contributed by atoms with Crippen molar-refractivity contribution in [1.82, 2.24) is 14.7 Å². The van der Waals surface area contributed by atoms with Gasteiger partial charge in [-0.05, 0) is 7.05 Å². The van der Waals surface area contributed by atoms with Crippen molar-refractivity contribution in [2.45, 2.75) is 25.8 Å². The zero-order valence-corrected chi connectivity index (χ0v) is 7.67. The molecule has 1 aliphatic rings. The van der Waals surface area contributed by atoms with Gasteiger partial charge in [-0.1, -0.05) is 0 Å². The molecule has 14 heavy (non-hydrogen) atoms. The number of halogens is 3. The summed E-state index contributed by atoms with van der Waals surface area (Å²) in [5.74, 6) is 0. The van der Waals surface area contributed by atoms with E-state index in [0.717, 1.165) is 10.2 Å². The maximum Gasteiger partial charge on any atom is 0.408 e. The van der Waals surface area contributed by atoms with Crippen LogP contribution in [0.15, 0.2) is 6.20 Å². The smallest absolute Gasteiger partial charge is 0.296 e. The Kier molecular flexibility index (Phi) is 2.02. The number of hydrogen-bond acceptors (Lipinski definition) is 2. The van der Waals surface area contributed by atoms with Gasteiger partial charge in [0, 0.05) is 18.7 Å². The van der Waals surface area contributed by atoms with E-state index in [1.54, 1.807) is 0 Å². The molecule has 0 spiro atoms. The molecule has 1 aliphatic heterocycles. The molecule has 0 aromatic carbocycles. The van der Waals surface area contributed by atoms with Crippen LogP contribution in [0.4, 0.5) is 13.2 Å². The molecule has 0 saturated heterocycles. The van der Waals surface area contributed by atoms with Crippen molar-refractivity contribution in [1.29, 1.82) is 0 Å². The van der Waals surface area contributed by atoms with E-state index in [-0.39, 0.29) is 0 Å². The normalized spacial score (nSPS) is 17.4. The Bertz CT molecular complexity index is 342. The first kappa shape index (κ1) is 9.51. The van der Waals surface area contributed by atoms with Gasteiger partial charge in [0.15, 0.2) is 0 Å². The highest BCUT2D eigenvalue weighted by Crippen LogP contribution is 2.24. The third kappa shape index (κ3) is 1.75. The molecule has 2 rings (SSSR count). The first-order valence-corrected chi connectivity index (χ1v) is 4.24. The molecule has 0 N–H and O–H groups in total. The number of alkyl halides is 3. The highest BCUT2D eigenvalue weighted by Gasteiger charge is 2.31. The number of rotatable bonds is 1. The SMILES string of the molecule is CN1Cc2cnn(CC(F)(F)F)c2C1. The molecule has 2 heterocycles. The standard InChI is InChI=1S/C8H10F3N3/c1-13-3-6-2-12-14(7(6)4-13)5-8(9,10)11/h2H,3-5H2,1H3. The highest BCUT2D eigenvalue weighted by atomic mass is 19.4. The predicted molar refractivity (Wildman–Crippen MR) is 43.5 cm³/mol. The van der Waals surface area contributed by atoms with Gasteiger partial charge in [0.1, 0.15) is 6.54 Å². The average molecular weight is 205 g/mol. The Hall–Kier alpha value is -1.04. The van der Waals surface area contributed by atoms with Crippen molar-refractivity contribution in [3.63, 3.8) is 0 Å². The fourth-order valence-corrected chi connectivity index (χ4v) is 1.67. The first-order chi connectivity index (χ1) is 6.46. The van der Waals surface area contributed by atoms with Crippen LogP contribution in [0.2, 0.25) is 0 Å². The van der Waals surface area contributed by atoms with Gasteiger partial charge in [-0.25, -0.2) is 0 Å². The van der Waals surface area contributed by atoms with E-state index >= 15 is 0 Å². The monoisotopic (exact) mass is 205 g/mol. The Morgan fingerprint density at radius 3 is 2.79 bits per heavy atom. The van der Waals surface area contributed by atoms with E-state index < -0.39 is 12.7 Å². The summed E-state index contributed by atoms with van der Waals surface area (Å²) in [5.41, 5.74) is 1.58. The third-order valence-corrected chi connectivity index (χ3v) is 2.22. The van der Waals surface area contributed by atoms with E-state index in [2.05, 4.69) is 5.10 Å². The summed E-state index contributed by atoms with van der Waals surface area (Å²) in [6.07, 6.45) is -2.68.